The molecule has 0 aliphatic heterocycles. The molecule has 0 N–H and O–H groups in total. The van der Waals surface area contributed by atoms with E-state index in [0.717, 1.165) is 5.92 Å². The van der Waals surface area contributed by atoms with E-state index in [1.54, 1.807) is 0 Å². The summed E-state index contributed by atoms with van der Waals surface area (Å²) >= 11 is 0. The van der Waals surface area contributed by atoms with Crippen LogP contribution in [0.15, 0.2) is 11.6 Å². The molecule has 0 heterocycles. The topological polar surface area (TPSA) is 0 Å². The first-order valence-corrected chi connectivity index (χ1v) is 7.30. The summed E-state index contributed by atoms with van der Waals surface area (Å²) in [6.07, 6.45) is 15.0. The third kappa shape index (κ3) is 11.8. The lowest BCUT2D eigenvalue weighted by Crippen LogP contribution is -1.94. The van der Waals surface area contributed by atoms with Crippen LogP contribution in [0.3, 0.4) is 0 Å². The molecular weight excluding hydrogens is 192 g/mol. The zero-order valence-corrected chi connectivity index (χ0v) is 12.0. The lowest BCUT2D eigenvalue weighted by Gasteiger charge is -2.09. The molecule has 0 heteroatoms. The minimum atomic E-state index is 0.918. The third-order valence-corrected chi connectivity index (χ3v) is 3.26. The van der Waals surface area contributed by atoms with Gasteiger partial charge >= 0.3 is 0 Å². The van der Waals surface area contributed by atoms with Gasteiger partial charge < -0.3 is 0 Å². The number of allylic oxidation sites excluding steroid dienone is 2. The molecule has 0 aromatic rings. The summed E-state index contributed by atoms with van der Waals surface area (Å²) in [5, 5.41) is 0. The lowest BCUT2D eigenvalue weighted by atomic mass is 9.97. The van der Waals surface area contributed by atoms with Crippen LogP contribution in [-0.2, 0) is 0 Å². The van der Waals surface area contributed by atoms with Crippen molar-refractivity contribution >= 4 is 0 Å². The maximum atomic E-state index is 2.41. The van der Waals surface area contributed by atoms with Crippen molar-refractivity contribution in [1.29, 1.82) is 0 Å². The van der Waals surface area contributed by atoms with E-state index in [4.69, 9.17) is 0 Å². The summed E-state index contributed by atoms with van der Waals surface area (Å²) in [6, 6.07) is 0. The van der Waals surface area contributed by atoms with Gasteiger partial charge in [0, 0.05) is 0 Å². The Hall–Kier alpha value is -0.260. The Labute approximate surface area is 104 Å². The summed E-state index contributed by atoms with van der Waals surface area (Å²) in [5.74, 6) is 0.918. The van der Waals surface area contributed by atoms with Crippen LogP contribution in [0.2, 0.25) is 0 Å². The molecule has 0 radical (unpaired) electrons. The highest BCUT2D eigenvalue weighted by atomic mass is 14.1. The van der Waals surface area contributed by atoms with Gasteiger partial charge in [0.25, 0.3) is 0 Å². The smallest absolute Gasteiger partial charge is 0.0346 e. The molecule has 0 bridgehead atoms. The molecule has 0 saturated carbocycles. The van der Waals surface area contributed by atoms with Gasteiger partial charge in [-0.15, -0.1) is 0 Å². The molecule has 96 valence electrons. The Kier molecular flexibility index (Phi) is 11.0. The van der Waals surface area contributed by atoms with Crippen molar-refractivity contribution < 1.29 is 0 Å². The van der Waals surface area contributed by atoms with E-state index in [2.05, 4.69) is 33.8 Å². The number of hydrogen-bond donors (Lipinski definition) is 0. The second-order valence-corrected chi connectivity index (χ2v) is 5.52. The SMILES string of the molecule is CCCCCCCC[C@@H](C)CCC=C(C)C. The molecule has 0 aromatic heterocycles. The van der Waals surface area contributed by atoms with Crippen molar-refractivity contribution in [2.45, 2.75) is 85.5 Å². The van der Waals surface area contributed by atoms with Crippen molar-refractivity contribution in [3.05, 3.63) is 11.6 Å². The Bertz CT molecular complexity index is 163. The highest BCUT2D eigenvalue weighted by Gasteiger charge is 2.00. The van der Waals surface area contributed by atoms with Crippen LogP contribution in [-0.4, -0.2) is 0 Å². The Morgan fingerprint density at radius 1 is 0.938 bits per heavy atom. The van der Waals surface area contributed by atoms with E-state index in [1.165, 1.54) is 63.4 Å². The first kappa shape index (κ1) is 15.7. The average molecular weight is 224 g/mol. The normalized spacial score (nSPS) is 12.5. The molecule has 0 unspecified atom stereocenters. The second-order valence-electron chi connectivity index (χ2n) is 5.52. The molecule has 0 aliphatic carbocycles. The summed E-state index contributed by atoms with van der Waals surface area (Å²) in [5.41, 5.74) is 1.46. The van der Waals surface area contributed by atoms with E-state index in [9.17, 15) is 0 Å². The van der Waals surface area contributed by atoms with Gasteiger partial charge in [0.1, 0.15) is 0 Å². The first-order chi connectivity index (χ1) is 7.66. The maximum Gasteiger partial charge on any atom is -0.0346 e. The van der Waals surface area contributed by atoms with E-state index in [1.807, 2.05) is 0 Å². The van der Waals surface area contributed by atoms with Gasteiger partial charge in [0.15, 0.2) is 0 Å². The van der Waals surface area contributed by atoms with E-state index >= 15 is 0 Å². The van der Waals surface area contributed by atoms with Crippen LogP contribution in [0, 0.1) is 5.92 Å². The highest BCUT2D eigenvalue weighted by Crippen LogP contribution is 2.16. The first-order valence-electron chi connectivity index (χ1n) is 7.30. The zero-order valence-electron chi connectivity index (χ0n) is 12.0. The largest absolute Gasteiger partial charge is 0.0859 e. The maximum absolute atomic E-state index is 2.41. The molecule has 1 atom stereocenters. The molecule has 0 nitrogen and oxygen atoms in total. The Morgan fingerprint density at radius 2 is 1.56 bits per heavy atom. The van der Waals surface area contributed by atoms with Gasteiger partial charge in [-0.2, -0.15) is 0 Å². The summed E-state index contributed by atoms with van der Waals surface area (Å²) in [7, 11) is 0. The quantitative estimate of drug-likeness (QED) is 0.310. The standard InChI is InChI=1S/C16H32/c1-5-6-7-8-9-10-13-16(4)14-11-12-15(2)3/h12,16H,5-11,13-14H2,1-4H3/t16-/m1/s1. The molecule has 0 rings (SSSR count). The van der Waals surface area contributed by atoms with Gasteiger partial charge in [0.05, 0.1) is 0 Å². The predicted octanol–water partition coefficient (Wildman–Crippen LogP) is 6.12. The molecule has 0 aromatic carbocycles. The van der Waals surface area contributed by atoms with Gasteiger partial charge in [-0.1, -0.05) is 70.4 Å². The van der Waals surface area contributed by atoms with Crippen LogP contribution >= 0.6 is 0 Å². The van der Waals surface area contributed by atoms with Crippen molar-refractivity contribution in [3.63, 3.8) is 0 Å². The summed E-state index contributed by atoms with van der Waals surface area (Å²) < 4.78 is 0. The predicted molar refractivity (Wildman–Crippen MR) is 75.8 cm³/mol. The van der Waals surface area contributed by atoms with Crippen molar-refractivity contribution in [1.82, 2.24) is 0 Å². The molecule has 0 amide bonds. The minimum Gasteiger partial charge on any atom is -0.0859 e. The fourth-order valence-corrected chi connectivity index (χ4v) is 2.07. The van der Waals surface area contributed by atoms with Crippen LogP contribution < -0.4 is 0 Å². The summed E-state index contributed by atoms with van der Waals surface area (Å²) in [4.78, 5) is 0. The lowest BCUT2D eigenvalue weighted by molar-refractivity contribution is 0.459. The minimum absolute atomic E-state index is 0.918. The third-order valence-electron chi connectivity index (χ3n) is 3.26. The van der Waals surface area contributed by atoms with Crippen molar-refractivity contribution in [3.8, 4) is 0 Å². The average Bonchev–Trinajstić information content (AvgIpc) is 2.22. The number of rotatable bonds is 10. The Morgan fingerprint density at radius 3 is 2.19 bits per heavy atom. The zero-order chi connectivity index (χ0) is 12.2. The van der Waals surface area contributed by atoms with E-state index in [-0.39, 0.29) is 0 Å². The van der Waals surface area contributed by atoms with Crippen LogP contribution in [0.25, 0.3) is 0 Å². The molecule has 0 aliphatic rings. The second kappa shape index (κ2) is 11.2. The molecule has 0 saturated heterocycles. The highest BCUT2D eigenvalue weighted by molar-refractivity contribution is 4.92. The van der Waals surface area contributed by atoms with Gasteiger partial charge in [0.2, 0.25) is 0 Å². The van der Waals surface area contributed by atoms with Crippen LogP contribution in [0.1, 0.15) is 85.5 Å². The molecule has 16 heavy (non-hydrogen) atoms. The number of hydrogen-bond acceptors (Lipinski definition) is 0. The summed E-state index contributed by atoms with van der Waals surface area (Å²) in [6.45, 7) is 9.08. The van der Waals surface area contributed by atoms with Gasteiger partial charge in [-0.25, -0.2) is 0 Å². The van der Waals surface area contributed by atoms with E-state index in [0.29, 0.717) is 0 Å². The van der Waals surface area contributed by atoms with Crippen molar-refractivity contribution in [2.75, 3.05) is 0 Å². The molecular formula is C16H32. The van der Waals surface area contributed by atoms with E-state index < -0.39 is 0 Å². The fraction of sp³-hybridized carbons (Fsp3) is 0.875. The Balaban J connectivity index is 3.23. The fourth-order valence-electron chi connectivity index (χ4n) is 2.07. The monoisotopic (exact) mass is 224 g/mol. The van der Waals surface area contributed by atoms with Crippen molar-refractivity contribution in [2.24, 2.45) is 5.92 Å². The molecule has 0 fully saturated rings. The number of unbranched alkanes of at least 4 members (excludes halogenated alkanes) is 5. The van der Waals surface area contributed by atoms with Crippen LogP contribution in [0.4, 0.5) is 0 Å². The van der Waals surface area contributed by atoms with Gasteiger partial charge in [-0.05, 0) is 32.6 Å². The van der Waals surface area contributed by atoms with Crippen LogP contribution in [0.5, 0.6) is 0 Å². The molecule has 0 spiro atoms. The van der Waals surface area contributed by atoms with Gasteiger partial charge in [-0.3, -0.25) is 0 Å².